The second-order valence-electron chi connectivity index (χ2n) is 6.02. The molecular formula is C16H21NO2. The molecule has 3 nitrogen and oxygen atoms in total. The summed E-state index contributed by atoms with van der Waals surface area (Å²) in [4.78, 5) is 0. The van der Waals surface area contributed by atoms with Crippen molar-refractivity contribution in [1.82, 2.24) is 5.32 Å². The summed E-state index contributed by atoms with van der Waals surface area (Å²) >= 11 is 0. The van der Waals surface area contributed by atoms with Crippen molar-refractivity contribution in [3.05, 3.63) is 29.8 Å². The molecular weight excluding hydrogens is 238 g/mol. The maximum absolute atomic E-state index is 5.88. The van der Waals surface area contributed by atoms with Gasteiger partial charge in [-0.3, -0.25) is 0 Å². The monoisotopic (exact) mass is 259 g/mol. The third kappa shape index (κ3) is 2.26. The minimum atomic E-state index is 0.470. The average molecular weight is 259 g/mol. The highest BCUT2D eigenvalue weighted by Crippen LogP contribution is 2.39. The van der Waals surface area contributed by atoms with Crippen molar-refractivity contribution in [3.8, 4) is 5.75 Å². The summed E-state index contributed by atoms with van der Waals surface area (Å²) in [6, 6.07) is 8.97. The number of hydrogen-bond donors (Lipinski definition) is 1. The van der Waals surface area contributed by atoms with Crippen molar-refractivity contribution in [3.63, 3.8) is 0 Å². The molecule has 2 heterocycles. The lowest BCUT2D eigenvalue weighted by atomic mass is 10.00. The van der Waals surface area contributed by atoms with Crippen LogP contribution in [-0.4, -0.2) is 31.9 Å². The third-order valence-corrected chi connectivity index (χ3v) is 4.65. The summed E-state index contributed by atoms with van der Waals surface area (Å²) in [5.74, 6) is 2.39. The first kappa shape index (κ1) is 11.7. The molecule has 1 aliphatic carbocycles. The van der Waals surface area contributed by atoms with Crippen molar-refractivity contribution < 1.29 is 9.47 Å². The minimum Gasteiger partial charge on any atom is -0.493 e. The first-order valence-corrected chi connectivity index (χ1v) is 7.48. The maximum atomic E-state index is 5.88. The molecule has 4 rings (SSSR count). The third-order valence-electron chi connectivity index (χ3n) is 4.65. The molecule has 2 aliphatic heterocycles. The summed E-state index contributed by atoms with van der Waals surface area (Å²) in [6.07, 6.45) is 4.35. The van der Waals surface area contributed by atoms with Gasteiger partial charge >= 0.3 is 0 Å². The fraction of sp³-hybridized carbons (Fsp3) is 0.625. The minimum absolute atomic E-state index is 0.470. The van der Waals surface area contributed by atoms with Crippen LogP contribution in [0.2, 0.25) is 0 Å². The highest BCUT2D eigenvalue weighted by molar-refractivity contribution is 5.39. The van der Waals surface area contributed by atoms with Gasteiger partial charge in [0, 0.05) is 30.7 Å². The summed E-state index contributed by atoms with van der Waals surface area (Å²) < 4.78 is 11.6. The fourth-order valence-corrected chi connectivity index (χ4v) is 3.41. The Kier molecular flexibility index (Phi) is 2.97. The van der Waals surface area contributed by atoms with E-state index in [0.717, 1.165) is 37.8 Å². The number of ether oxygens (including phenoxy) is 2. The summed E-state index contributed by atoms with van der Waals surface area (Å²) in [5, 5.41) is 3.73. The molecule has 1 saturated heterocycles. The van der Waals surface area contributed by atoms with Crippen LogP contribution in [0, 0.1) is 5.92 Å². The first-order valence-electron chi connectivity index (χ1n) is 7.48. The van der Waals surface area contributed by atoms with Crippen molar-refractivity contribution in [2.24, 2.45) is 5.92 Å². The zero-order valence-electron chi connectivity index (χ0n) is 11.2. The van der Waals surface area contributed by atoms with E-state index in [1.807, 2.05) is 6.07 Å². The van der Waals surface area contributed by atoms with E-state index in [9.17, 15) is 0 Å². The van der Waals surface area contributed by atoms with E-state index >= 15 is 0 Å². The van der Waals surface area contributed by atoms with Crippen molar-refractivity contribution in [2.75, 3.05) is 19.8 Å². The number of benzene rings is 1. The van der Waals surface area contributed by atoms with E-state index in [1.165, 1.54) is 18.4 Å². The first-order chi connectivity index (χ1) is 9.42. The highest BCUT2D eigenvalue weighted by Gasteiger charge is 2.40. The van der Waals surface area contributed by atoms with Gasteiger partial charge in [0.1, 0.15) is 5.75 Å². The smallest absolute Gasteiger partial charge is 0.122 e. The zero-order valence-corrected chi connectivity index (χ0v) is 11.2. The maximum Gasteiger partial charge on any atom is 0.122 e. The van der Waals surface area contributed by atoms with Gasteiger partial charge in [0.25, 0.3) is 0 Å². The second kappa shape index (κ2) is 4.80. The van der Waals surface area contributed by atoms with Crippen LogP contribution in [-0.2, 0) is 4.74 Å². The molecule has 1 N–H and O–H groups in total. The summed E-state index contributed by atoms with van der Waals surface area (Å²) in [7, 11) is 0. The molecule has 102 valence electrons. The van der Waals surface area contributed by atoms with Gasteiger partial charge < -0.3 is 14.8 Å². The SMILES string of the molecule is c1ccc2c(c1)OCC2CNC1CCOC1C1CC1. The Bertz CT molecular complexity index is 458. The van der Waals surface area contributed by atoms with Gasteiger partial charge in [-0.15, -0.1) is 0 Å². The zero-order chi connectivity index (χ0) is 12.7. The predicted molar refractivity (Wildman–Crippen MR) is 73.5 cm³/mol. The van der Waals surface area contributed by atoms with Crippen molar-refractivity contribution in [2.45, 2.75) is 37.3 Å². The van der Waals surface area contributed by atoms with Crippen LogP contribution < -0.4 is 10.1 Å². The van der Waals surface area contributed by atoms with Crippen LogP contribution in [0.3, 0.4) is 0 Å². The van der Waals surface area contributed by atoms with Crippen LogP contribution in [0.4, 0.5) is 0 Å². The Morgan fingerprint density at radius 3 is 2.95 bits per heavy atom. The lowest BCUT2D eigenvalue weighted by Crippen LogP contribution is -2.40. The van der Waals surface area contributed by atoms with Crippen LogP contribution in [0.25, 0.3) is 0 Å². The lowest BCUT2D eigenvalue weighted by molar-refractivity contribution is 0.0807. The van der Waals surface area contributed by atoms with Crippen LogP contribution in [0.1, 0.15) is 30.7 Å². The fourth-order valence-electron chi connectivity index (χ4n) is 3.41. The topological polar surface area (TPSA) is 30.5 Å². The van der Waals surface area contributed by atoms with Crippen LogP contribution in [0.15, 0.2) is 24.3 Å². The Morgan fingerprint density at radius 1 is 1.16 bits per heavy atom. The molecule has 2 fully saturated rings. The molecule has 0 bridgehead atoms. The van der Waals surface area contributed by atoms with Crippen LogP contribution in [0.5, 0.6) is 5.75 Å². The number of hydrogen-bond acceptors (Lipinski definition) is 3. The molecule has 3 unspecified atom stereocenters. The van der Waals surface area contributed by atoms with Crippen molar-refractivity contribution >= 4 is 0 Å². The Labute approximate surface area is 114 Å². The van der Waals surface area contributed by atoms with Gasteiger partial charge in [0.2, 0.25) is 0 Å². The largest absolute Gasteiger partial charge is 0.493 e. The highest BCUT2D eigenvalue weighted by atomic mass is 16.5. The van der Waals surface area contributed by atoms with Gasteiger partial charge in [-0.2, -0.15) is 0 Å². The van der Waals surface area contributed by atoms with Crippen LogP contribution >= 0.6 is 0 Å². The Balaban J connectivity index is 1.38. The molecule has 3 heteroatoms. The second-order valence-corrected chi connectivity index (χ2v) is 6.02. The van der Waals surface area contributed by atoms with Gasteiger partial charge in [-0.1, -0.05) is 18.2 Å². The molecule has 0 radical (unpaired) electrons. The molecule has 0 amide bonds. The van der Waals surface area contributed by atoms with E-state index < -0.39 is 0 Å². The van der Waals surface area contributed by atoms with E-state index in [4.69, 9.17) is 9.47 Å². The van der Waals surface area contributed by atoms with Gasteiger partial charge in [0.05, 0.1) is 12.7 Å². The molecule has 1 aromatic rings. The van der Waals surface area contributed by atoms with Crippen molar-refractivity contribution in [1.29, 1.82) is 0 Å². The van der Waals surface area contributed by atoms with E-state index in [2.05, 4.69) is 23.5 Å². The number of rotatable bonds is 4. The standard InChI is InChI=1S/C16H21NO2/c1-2-4-15-13(3-1)12(10-19-15)9-17-14-7-8-18-16(14)11-5-6-11/h1-4,11-12,14,16-17H,5-10H2. The number of para-hydroxylation sites is 1. The Morgan fingerprint density at radius 2 is 2.05 bits per heavy atom. The molecule has 0 aromatic heterocycles. The lowest BCUT2D eigenvalue weighted by Gasteiger charge is -2.21. The normalized spacial score (nSPS) is 33.2. The molecule has 19 heavy (non-hydrogen) atoms. The Hall–Kier alpha value is -1.06. The number of fused-ring (bicyclic) bond motifs is 1. The average Bonchev–Trinajstić information content (AvgIpc) is 3.04. The molecule has 0 spiro atoms. The van der Waals surface area contributed by atoms with E-state index in [1.54, 1.807) is 0 Å². The quantitative estimate of drug-likeness (QED) is 0.900. The van der Waals surface area contributed by atoms with E-state index in [-0.39, 0.29) is 0 Å². The molecule has 3 atom stereocenters. The molecule has 1 saturated carbocycles. The van der Waals surface area contributed by atoms with Gasteiger partial charge in [-0.05, 0) is 31.2 Å². The number of nitrogens with one attached hydrogen (secondary N) is 1. The molecule has 3 aliphatic rings. The molecule has 1 aromatic carbocycles. The van der Waals surface area contributed by atoms with E-state index in [0.29, 0.717) is 18.1 Å². The summed E-state index contributed by atoms with van der Waals surface area (Å²) in [6.45, 7) is 2.75. The van der Waals surface area contributed by atoms with Gasteiger partial charge in [-0.25, -0.2) is 0 Å². The summed E-state index contributed by atoms with van der Waals surface area (Å²) in [5.41, 5.74) is 1.36. The predicted octanol–water partition coefficient (Wildman–Crippen LogP) is 2.32. The van der Waals surface area contributed by atoms with Gasteiger partial charge in [0.15, 0.2) is 0 Å².